The van der Waals surface area contributed by atoms with Crippen LogP contribution in [0.4, 0.5) is 11.4 Å². The predicted molar refractivity (Wildman–Crippen MR) is 331 cm³/mol. The molecule has 6 unspecified atom stereocenters. The lowest BCUT2D eigenvalue weighted by Gasteiger charge is -2.40. The van der Waals surface area contributed by atoms with E-state index in [1.165, 1.54) is 24.0 Å². The van der Waals surface area contributed by atoms with Gasteiger partial charge in [0.1, 0.15) is 36.7 Å². The van der Waals surface area contributed by atoms with E-state index in [1.807, 2.05) is 103 Å². The number of para-hydroxylation sites is 1. The van der Waals surface area contributed by atoms with Gasteiger partial charge in [-0.2, -0.15) is 0 Å². The highest BCUT2D eigenvalue weighted by molar-refractivity contribution is 5.96. The average Bonchev–Trinajstić information content (AvgIpc) is 2.01. The molecule has 8 atom stereocenters. The number of aliphatic hydroxyl groups excluding tert-OH is 3. The van der Waals surface area contributed by atoms with Gasteiger partial charge >= 0.3 is 17.9 Å². The molecule has 4 aromatic carbocycles. The Bertz CT molecular complexity index is 3360. The zero-order chi connectivity index (χ0) is 65.7. The molecule has 6 rings (SSSR count). The van der Waals surface area contributed by atoms with Crippen molar-refractivity contribution in [3.63, 3.8) is 0 Å². The molecule has 2 aliphatic heterocycles. The Balaban J connectivity index is 1.09. The molecule has 0 aliphatic carbocycles. The van der Waals surface area contributed by atoms with Crippen LogP contribution in [0.5, 0.6) is 5.75 Å². The van der Waals surface area contributed by atoms with Crippen molar-refractivity contribution in [2.45, 2.75) is 168 Å². The van der Waals surface area contributed by atoms with E-state index >= 15 is 0 Å². The van der Waals surface area contributed by atoms with Gasteiger partial charge in [-0.05, 0) is 103 Å². The third kappa shape index (κ3) is 18.1. The molecule has 478 valence electrons. The highest BCUT2D eigenvalue weighted by Crippen LogP contribution is 2.36. The third-order valence-corrected chi connectivity index (χ3v) is 15.9. The summed E-state index contributed by atoms with van der Waals surface area (Å²) in [6.07, 6.45) is -7.64. The van der Waals surface area contributed by atoms with E-state index in [0.717, 1.165) is 16.7 Å². The maximum Gasteiger partial charge on any atom is 0.335 e. The summed E-state index contributed by atoms with van der Waals surface area (Å²) in [5, 5.41) is 62.5. The fourth-order valence-corrected chi connectivity index (χ4v) is 10.7. The monoisotopic (exact) mass is 1230 g/mol. The lowest BCUT2D eigenvalue weighted by Crippen LogP contribution is -2.61. The zero-order valence-electron chi connectivity index (χ0n) is 52.3. The number of carbonyl (C=O) groups is 8. The van der Waals surface area contributed by atoms with E-state index in [-0.39, 0.29) is 79.1 Å². The van der Waals surface area contributed by atoms with Gasteiger partial charge in [0.05, 0.1) is 36.4 Å². The standard InChI is InChI=1S/C67H84N6O16/c1-38(2)49(32-40(4)63(83)84)72(11)62(82)60(66(5,6)7)71-61(81)59(68-10)67(8,9)46-23-18-19-41(33-46)35-53(77)87-37-42-31-39(3)57(88-65-56(80)54(78)55(79)58(89-65)64(85)86)47(34-42)70-51(75)29-30-69-50(74)25-16-17-26-52(76)73-36-45-22-13-12-20-43(45)27-28-44-21-14-15-24-48(44)73/h12-15,18-24,31-34,38,49,54-56,58-60,65,68,78-80H,16-17,25-26,29-30,35-37H2,1-11H3,(H,69,74)(H,70,75)(H,71,81)(H,83,84)(H,85,86)/b40-32+/t49-,54?,55?,56?,58?,59?,60-,65?/m1/s1. The van der Waals surface area contributed by atoms with Crippen LogP contribution < -0.4 is 30.9 Å². The van der Waals surface area contributed by atoms with Crippen molar-refractivity contribution in [3.8, 4) is 17.6 Å². The number of carboxylic acids is 2. The van der Waals surface area contributed by atoms with Gasteiger partial charge in [-0.25, -0.2) is 9.59 Å². The number of ether oxygens (including phenoxy) is 3. The molecule has 89 heavy (non-hydrogen) atoms. The predicted octanol–water partition coefficient (Wildman–Crippen LogP) is 5.41. The van der Waals surface area contributed by atoms with Gasteiger partial charge in [-0.1, -0.05) is 121 Å². The molecule has 0 bridgehead atoms. The van der Waals surface area contributed by atoms with E-state index in [9.17, 15) is 63.9 Å². The van der Waals surface area contributed by atoms with Crippen molar-refractivity contribution in [1.29, 1.82) is 0 Å². The van der Waals surface area contributed by atoms with Crippen LogP contribution in [0, 0.1) is 30.1 Å². The molecule has 1 fully saturated rings. The number of carbonyl (C=O) groups excluding carboxylic acids is 6. The van der Waals surface area contributed by atoms with E-state index in [0.29, 0.717) is 41.8 Å². The highest BCUT2D eigenvalue weighted by Gasteiger charge is 2.49. The fraction of sp³-hybridized carbons (Fsp3) is 0.463. The smallest absolute Gasteiger partial charge is 0.335 e. The number of hydrogen-bond donors (Lipinski definition) is 9. The summed E-state index contributed by atoms with van der Waals surface area (Å²) in [6.45, 7) is 15.9. The fourth-order valence-electron chi connectivity index (χ4n) is 10.7. The number of nitrogens with one attached hydrogen (secondary N) is 4. The molecule has 0 spiro atoms. The van der Waals surface area contributed by atoms with Crippen molar-refractivity contribution >= 4 is 58.8 Å². The van der Waals surface area contributed by atoms with Crippen LogP contribution in [-0.4, -0.2) is 147 Å². The van der Waals surface area contributed by atoms with Crippen molar-refractivity contribution < 1.29 is 78.1 Å². The van der Waals surface area contributed by atoms with Crippen molar-refractivity contribution in [2.75, 3.05) is 30.9 Å². The molecule has 22 heteroatoms. The van der Waals surface area contributed by atoms with Gasteiger partial charge in [0.15, 0.2) is 6.10 Å². The number of aliphatic hydroxyl groups is 3. The number of rotatable bonds is 26. The summed E-state index contributed by atoms with van der Waals surface area (Å²) < 4.78 is 17.1. The molecule has 2 heterocycles. The minimum atomic E-state index is -2.01. The van der Waals surface area contributed by atoms with Crippen LogP contribution in [-0.2, 0) is 72.8 Å². The minimum absolute atomic E-state index is 0.0375. The normalized spacial score (nSPS) is 18.4. The Hall–Kier alpha value is -8.46. The van der Waals surface area contributed by atoms with E-state index in [1.54, 1.807) is 50.2 Å². The number of fused-ring (bicyclic) bond motifs is 2. The maximum atomic E-state index is 14.3. The number of unbranched alkanes of at least 4 members (excludes halogenated alkanes) is 1. The number of likely N-dealkylation sites (N-methyl/N-ethyl adjacent to an activating group) is 2. The molecule has 9 N–H and O–H groups in total. The van der Waals surface area contributed by atoms with Gasteiger partial charge in [0.25, 0.3) is 0 Å². The Labute approximate surface area is 519 Å². The van der Waals surface area contributed by atoms with Crippen LogP contribution in [0.25, 0.3) is 0 Å². The van der Waals surface area contributed by atoms with E-state index in [2.05, 4.69) is 33.1 Å². The first-order chi connectivity index (χ1) is 41.9. The molecule has 0 radical (unpaired) electrons. The van der Waals surface area contributed by atoms with Crippen LogP contribution in [0.3, 0.4) is 0 Å². The Kier molecular flexibility index (Phi) is 24.0. The third-order valence-electron chi connectivity index (χ3n) is 15.9. The van der Waals surface area contributed by atoms with E-state index < -0.39 is 95.3 Å². The van der Waals surface area contributed by atoms with Gasteiger partial charge in [0, 0.05) is 55.0 Å². The summed E-state index contributed by atoms with van der Waals surface area (Å²) in [4.78, 5) is 109. The summed E-state index contributed by atoms with van der Waals surface area (Å²) >= 11 is 0. The number of aliphatic carboxylic acids is 2. The number of benzene rings is 4. The van der Waals surface area contributed by atoms with Crippen LogP contribution in [0.2, 0.25) is 0 Å². The first-order valence-corrected chi connectivity index (χ1v) is 29.6. The van der Waals surface area contributed by atoms with Gasteiger partial charge in [-0.15, -0.1) is 0 Å². The first-order valence-electron chi connectivity index (χ1n) is 29.6. The number of carboxylic acid groups (broad SMARTS) is 2. The summed E-state index contributed by atoms with van der Waals surface area (Å²) in [5.41, 5.74) is 3.41. The number of esters is 1. The lowest BCUT2D eigenvalue weighted by molar-refractivity contribution is -0.271. The number of hydrogen-bond acceptors (Lipinski definition) is 15. The minimum Gasteiger partial charge on any atom is -0.479 e. The molecular weight excluding hydrogens is 1140 g/mol. The van der Waals surface area contributed by atoms with Crippen LogP contribution in [0.15, 0.2) is 96.6 Å². The molecule has 4 aromatic rings. The van der Waals surface area contributed by atoms with Crippen molar-refractivity contribution in [3.05, 3.63) is 136 Å². The topological polar surface area (TPSA) is 320 Å². The van der Waals surface area contributed by atoms with Crippen molar-refractivity contribution in [2.24, 2.45) is 11.3 Å². The summed E-state index contributed by atoms with van der Waals surface area (Å²) in [5.74, 6) is 0.769. The lowest BCUT2D eigenvalue weighted by atomic mass is 9.76. The van der Waals surface area contributed by atoms with Gasteiger partial charge < -0.3 is 70.8 Å². The van der Waals surface area contributed by atoms with Crippen LogP contribution in [0.1, 0.15) is 126 Å². The summed E-state index contributed by atoms with van der Waals surface area (Å²) in [6, 6.07) is 22.7. The summed E-state index contributed by atoms with van der Waals surface area (Å²) in [7, 11) is 3.21. The molecule has 0 aromatic heterocycles. The molecular formula is C67H84N6O16. The number of anilines is 2. The molecule has 1 saturated heterocycles. The van der Waals surface area contributed by atoms with E-state index in [4.69, 9.17) is 14.2 Å². The highest BCUT2D eigenvalue weighted by atomic mass is 16.7. The SMILES string of the molecule is CNC(C(=O)N[C@H](C(=O)N(C)[C@H](/C=C(\C)C(=O)O)C(C)C)C(C)(C)C)C(C)(C)c1cccc(CC(=O)OCc2cc(C)c(OC3OC(C(=O)O)C(O)C(O)C3O)c(NC(=O)CCNC(=O)CCCCC(=O)N3Cc4ccccc4C#Cc4ccccc43)c2)c1. The second kappa shape index (κ2) is 30.6. The molecule has 22 nitrogen and oxygen atoms in total. The maximum absolute atomic E-state index is 14.3. The molecule has 5 amide bonds. The quantitative estimate of drug-likeness (QED) is 0.0164. The van der Waals surface area contributed by atoms with Crippen LogP contribution >= 0.6 is 0 Å². The number of amides is 5. The Morgan fingerprint density at radius 1 is 0.798 bits per heavy atom. The van der Waals surface area contributed by atoms with Gasteiger partial charge in [-0.3, -0.25) is 28.8 Å². The average molecular weight is 1230 g/mol. The van der Waals surface area contributed by atoms with Gasteiger partial charge in [0.2, 0.25) is 35.8 Å². The molecule has 2 aliphatic rings. The zero-order valence-corrected chi connectivity index (χ0v) is 52.3. The Morgan fingerprint density at radius 2 is 1.46 bits per heavy atom. The second-order valence-electron chi connectivity index (χ2n) is 24.5. The first kappa shape index (κ1) is 69.6. The molecule has 0 saturated carbocycles. The Morgan fingerprint density at radius 3 is 2.12 bits per heavy atom. The largest absolute Gasteiger partial charge is 0.479 e. The number of nitrogens with zero attached hydrogens (tertiary/aromatic N) is 2. The van der Waals surface area contributed by atoms with Crippen molar-refractivity contribution in [1.82, 2.24) is 20.9 Å². The second-order valence-corrected chi connectivity index (χ2v) is 24.5. The number of aryl methyl sites for hydroxylation is 1.